The van der Waals surface area contributed by atoms with Gasteiger partial charge >= 0.3 is 6.09 Å². The third-order valence-corrected chi connectivity index (χ3v) is 3.43. The van der Waals surface area contributed by atoms with Crippen LogP contribution < -0.4 is 0 Å². The smallest absolute Gasteiger partial charge is 0.415 e. The topological polar surface area (TPSA) is 26.3 Å². The van der Waals surface area contributed by atoms with Crippen molar-refractivity contribution < 1.29 is 14.0 Å². The largest absolute Gasteiger partial charge is 0.516 e. The molecule has 1 heterocycles. The Bertz CT molecular complexity index is 325. The number of hydrogen-bond donors (Lipinski definition) is 0. The number of amides is 1. The Kier molecular flexibility index (Phi) is 3.44. The number of carbonyl (C=O) groups is 1. The first-order valence-electron chi connectivity index (χ1n) is 6.08. The zero-order valence-corrected chi connectivity index (χ0v) is 9.95. The molecule has 2 rings (SSSR count). The highest BCUT2D eigenvalue weighted by atomic mass is 16.6. The molecule has 2 aliphatic rings. The van der Waals surface area contributed by atoms with Crippen LogP contribution in [-0.2, 0) is 4.74 Å². The summed E-state index contributed by atoms with van der Waals surface area (Å²) in [5.41, 5.74) is 1.13. The molecule has 0 bridgehead atoms. The summed E-state index contributed by atoms with van der Waals surface area (Å²) in [5, 5.41) is 0. The average molecular weight is 222 g/mol. The molecular weight excluding hydrogens is 202 g/mol. The molecule has 88 valence electrons. The predicted octanol–water partition coefficient (Wildman–Crippen LogP) is 2.64. The molecule has 1 fully saturated rings. The molecule has 0 saturated carbocycles. The van der Waals surface area contributed by atoms with Gasteiger partial charge in [0, 0.05) is 12.8 Å². The van der Waals surface area contributed by atoms with Crippen LogP contribution in [0.5, 0.6) is 0 Å². The highest BCUT2D eigenvalue weighted by Gasteiger charge is 2.37. The Morgan fingerprint density at radius 3 is 2.75 bits per heavy atom. The van der Waals surface area contributed by atoms with Crippen LogP contribution in [0.3, 0.4) is 0 Å². The van der Waals surface area contributed by atoms with Gasteiger partial charge in [0.15, 0.2) is 0 Å². The fourth-order valence-corrected chi connectivity index (χ4v) is 2.29. The standard InChI is InChI=1S/C13H20NO2/c1-14(9-5-6-10-14)13(15)16-11-12-7-3-2-4-8-12/h3,7-8H,2,4-6,9-11H2,1H3/q+1. The maximum atomic E-state index is 11.9. The van der Waals surface area contributed by atoms with Gasteiger partial charge in [0.05, 0.1) is 20.1 Å². The maximum Gasteiger partial charge on any atom is 0.516 e. The summed E-state index contributed by atoms with van der Waals surface area (Å²) in [6.07, 6.45) is 10.7. The van der Waals surface area contributed by atoms with Gasteiger partial charge in [-0.25, -0.2) is 4.48 Å². The van der Waals surface area contributed by atoms with Gasteiger partial charge in [-0.2, -0.15) is 4.79 Å². The number of quaternary nitrogens is 1. The van der Waals surface area contributed by atoms with Crippen molar-refractivity contribution in [2.75, 3.05) is 26.7 Å². The molecule has 3 heteroatoms. The summed E-state index contributed by atoms with van der Waals surface area (Å²) in [5.74, 6) is 0. The zero-order valence-electron chi connectivity index (χ0n) is 9.95. The Morgan fingerprint density at radius 1 is 1.38 bits per heavy atom. The van der Waals surface area contributed by atoms with Crippen molar-refractivity contribution in [1.29, 1.82) is 0 Å². The normalized spacial score (nSPS) is 22.9. The van der Waals surface area contributed by atoms with Crippen molar-refractivity contribution in [3.05, 3.63) is 23.8 Å². The van der Waals surface area contributed by atoms with E-state index in [9.17, 15) is 4.79 Å². The van der Waals surface area contributed by atoms with E-state index in [0.29, 0.717) is 11.1 Å². The summed E-state index contributed by atoms with van der Waals surface area (Å²) in [4.78, 5) is 11.9. The predicted molar refractivity (Wildman–Crippen MR) is 63.0 cm³/mol. The molecule has 0 unspecified atom stereocenters. The van der Waals surface area contributed by atoms with Gasteiger partial charge in [0.1, 0.15) is 6.61 Å². The first-order valence-corrected chi connectivity index (χ1v) is 6.08. The van der Waals surface area contributed by atoms with Crippen molar-refractivity contribution in [2.24, 2.45) is 0 Å². The zero-order chi connectivity index (χ0) is 11.4. The SMILES string of the molecule is C[N+]1(C(=O)OCC2=CCCC=C2)CCCC1. The molecule has 1 aliphatic heterocycles. The highest BCUT2D eigenvalue weighted by molar-refractivity contribution is 5.60. The Hall–Kier alpha value is -1.09. The van der Waals surface area contributed by atoms with E-state index in [4.69, 9.17) is 4.74 Å². The summed E-state index contributed by atoms with van der Waals surface area (Å²) in [7, 11) is 1.97. The number of ether oxygens (including phenoxy) is 1. The second-order valence-corrected chi connectivity index (χ2v) is 4.86. The van der Waals surface area contributed by atoms with E-state index in [-0.39, 0.29) is 6.09 Å². The first kappa shape index (κ1) is 11.4. The molecule has 0 radical (unpaired) electrons. The van der Waals surface area contributed by atoms with Crippen LogP contribution in [0.15, 0.2) is 23.8 Å². The first-order chi connectivity index (χ1) is 7.71. The number of rotatable bonds is 2. The number of hydrogen-bond acceptors (Lipinski definition) is 2. The fraction of sp³-hybridized carbons (Fsp3) is 0.615. The lowest BCUT2D eigenvalue weighted by Crippen LogP contribution is -2.47. The maximum absolute atomic E-state index is 11.9. The molecule has 0 atom stereocenters. The van der Waals surface area contributed by atoms with Gasteiger partial charge in [0.2, 0.25) is 0 Å². The lowest BCUT2D eigenvalue weighted by Gasteiger charge is -2.24. The second-order valence-electron chi connectivity index (χ2n) is 4.86. The van der Waals surface area contributed by atoms with Crippen LogP contribution in [-0.4, -0.2) is 37.3 Å². The van der Waals surface area contributed by atoms with Crippen molar-refractivity contribution in [3.63, 3.8) is 0 Å². The van der Waals surface area contributed by atoms with E-state index in [0.717, 1.165) is 44.3 Å². The van der Waals surface area contributed by atoms with Gasteiger partial charge in [-0.15, -0.1) is 0 Å². The summed E-state index contributed by atoms with van der Waals surface area (Å²) < 4.78 is 5.84. The van der Waals surface area contributed by atoms with Gasteiger partial charge in [-0.1, -0.05) is 18.2 Å². The molecule has 1 aliphatic carbocycles. The van der Waals surface area contributed by atoms with Crippen LogP contribution in [0.1, 0.15) is 25.7 Å². The van der Waals surface area contributed by atoms with Crippen LogP contribution in [0.2, 0.25) is 0 Å². The summed E-state index contributed by atoms with van der Waals surface area (Å²) >= 11 is 0. The molecular formula is C13H20NO2+. The molecule has 3 nitrogen and oxygen atoms in total. The summed E-state index contributed by atoms with van der Waals surface area (Å²) in [6, 6.07) is 0. The van der Waals surface area contributed by atoms with Crippen LogP contribution in [0.25, 0.3) is 0 Å². The monoisotopic (exact) mass is 222 g/mol. The number of likely N-dealkylation sites (tertiary alicyclic amines) is 1. The van der Waals surface area contributed by atoms with Crippen LogP contribution in [0.4, 0.5) is 4.79 Å². The molecule has 1 amide bonds. The van der Waals surface area contributed by atoms with Gasteiger partial charge in [-0.3, -0.25) is 0 Å². The van der Waals surface area contributed by atoms with E-state index in [1.165, 1.54) is 0 Å². The minimum Gasteiger partial charge on any atom is -0.415 e. The second kappa shape index (κ2) is 4.83. The third-order valence-electron chi connectivity index (χ3n) is 3.43. The minimum atomic E-state index is -0.0719. The Labute approximate surface area is 97.0 Å². The lowest BCUT2D eigenvalue weighted by molar-refractivity contribution is -0.824. The van der Waals surface area contributed by atoms with Gasteiger partial charge in [0.25, 0.3) is 0 Å². The van der Waals surface area contributed by atoms with E-state index in [1.54, 1.807) is 0 Å². The quantitative estimate of drug-likeness (QED) is 0.671. The van der Waals surface area contributed by atoms with E-state index < -0.39 is 0 Å². The summed E-state index contributed by atoms with van der Waals surface area (Å²) in [6.45, 7) is 2.28. The van der Waals surface area contributed by atoms with E-state index in [2.05, 4.69) is 18.2 Å². The van der Waals surface area contributed by atoms with Crippen molar-refractivity contribution in [3.8, 4) is 0 Å². The number of allylic oxidation sites excluding steroid dienone is 2. The van der Waals surface area contributed by atoms with Gasteiger partial charge in [-0.05, 0) is 18.4 Å². The Morgan fingerprint density at radius 2 is 2.12 bits per heavy atom. The lowest BCUT2D eigenvalue weighted by atomic mass is 10.1. The minimum absolute atomic E-state index is 0.0719. The van der Waals surface area contributed by atoms with Crippen LogP contribution in [0, 0.1) is 0 Å². The third kappa shape index (κ3) is 2.53. The fourth-order valence-electron chi connectivity index (χ4n) is 2.29. The number of nitrogens with zero attached hydrogens (tertiary/aromatic N) is 1. The van der Waals surface area contributed by atoms with Crippen molar-refractivity contribution in [1.82, 2.24) is 0 Å². The number of carbonyl (C=O) groups excluding carboxylic acids is 1. The highest BCUT2D eigenvalue weighted by Crippen LogP contribution is 2.19. The van der Waals surface area contributed by atoms with Gasteiger partial charge < -0.3 is 4.74 Å². The van der Waals surface area contributed by atoms with E-state index in [1.807, 2.05) is 7.05 Å². The molecule has 0 aromatic heterocycles. The molecule has 0 spiro atoms. The van der Waals surface area contributed by atoms with Crippen molar-refractivity contribution in [2.45, 2.75) is 25.7 Å². The molecule has 0 aromatic rings. The molecule has 1 saturated heterocycles. The molecule has 16 heavy (non-hydrogen) atoms. The Balaban J connectivity index is 1.83. The van der Waals surface area contributed by atoms with Crippen molar-refractivity contribution >= 4 is 6.09 Å². The molecule has 0 aromatic carbocycles. The van der Waals surface area contributed by atoms with Crippen LogP contribution >= 0.6 is 0 Å². The molecule has 0 N–H and O–H groups in total. The average Bonchev–Trinajstić information content (AvgIpc) is 2.76. The van der Waals surface area contributed by atoms with E-state index >= 15 is 0 Å².